The van der Waals surface area contributed by atoms with Gasteiger partial charge in [-0.05, 0) is 36.4 Å². The molecule has 0 aliphatic heterocycles. The molecule has 128 valence electrons. The fourth-order valence-electron chi connectivity index (χ4n) is 1.98. The lowest BCUT2D eigenvalue weighted by molar-refractivity contribution is -0.0502. The molecule has 0 atom stereocenters. The molecule has 1 amide bonds. The normalized spacial score (nSPS) is 10.5. The van der Waals surface area contributed by atoms with Gasteiger partial charge in [0.1, 0.15) is 23.9 Å². The molecule has 4 nitrogen and oxygen atoms in total. The summed E-state index contributed by atoms with van der Waals surface area (Å²) in [5.74, 6) is -0.540. The van der Waals surface area contributed by atoms with Gasteiger partial charge in [0.05, 0.1) is 12.1 Å². The Bertz CT molecular complexity index is 677. The van der Waals surface area contributed by atoms with Gasteiger partial charge < -0.3 is 14.4 Å². The van der Waals surface area contributed by atoms with Crippen LogP contribution in [0.3, 0.4) is 0 Å². The van der Waals surface area contributed by atoms with Crippen LogP contribution in [0.4, 0.5) is 13.2 Å². The molecule has 2 rings (SSSR count). The Morgan fingerprint density at radius 3 is 2.46 bits per heavy atom. The molecule has 0 aliphatic rings. The van der Waals surface area contributed by atoms with Gasteiger partial charge >= 0.3 is 6.61 Å². The minimum absolute atomic E-state index is 0.0436. The van der Waals surface area contributed by atoms with E-state index in [0.29, 0.717) is 5.75 Å². The van der Waals surface area contributed by atoms with Crippen molar-refractivity contribution in [1.29, 1.82) is 0 Å². The minimum atomic E-state index is -3.01. The van der Waals surface area contributed by atoms with E-state index >= 15 is 0 Å². The van der Waals surface area contributed by atoms with Crippen molar-refractivity contribution in [2.75, 3.05) is 20.2 Å². The van der Waals surface area contributed by atoms with Crippen LogP contribution in [0.5, 0.6) is 11.5 Å². The van der Waals surface area contributed by atoms with Gasteiger partial charge in [-0.2, -0.15) is 8.78 Å². The Morgan fingerprint density at radius 2 is 1.79 bits per heavy atom. The van der Waals surface area contributed by atoms with Crippen LogP contribution in [0.25, 0.3) is 0 Å². The molecule has 0 unspecified atom stereocenters. The highest BCUT2D eigenvalue weighted by Gasteiger charge is 2.18. The largest absolute Gasteiger partial charge is 0.492 e. The van der Waals surface area contributed by atoms with Crippen LogP contribution < -0.4 is 9.47 Å². The molecule has 2 aromatic carbocycles. The zero-order valence-corrected chi connectivity index (χ0v) is 12.9. The zero-order chi connectivity index (χ0) is 17.5. The molecule has 0 radical (unpaired) electrons. The quantitative estimate of drug-likeness (QED) is 0.774. The summed E-state index contributed by atoms with van der Waals surface area (Å²) in [5, 5.41) is 0. The van der Waals surface area contributed by atoms with Gasteiger partial charge in [0, 0.05) is 7.05 Å². The third kappa shape index (κ3) is 4.91. The number of amides is 1. The van der Waals surface area contributed by atoms with E-state index in [9.17, 15) is 18.0 Å². The molecule has 0 aromatic heterocycles. The van der Waals surface area contributed by atoms with E-state index in [0.717, 1.165) is 0 Å². The summed E-state index contributed by atoms with van der Waals surface area (Å²) in [6.07, 6.45) is 0. The summed E-state index contributed by atoms with van der Waals surface area (Å²) in [6.45, 7) is -2.61. The predicted molar refractivity (Wildman–Crippen MR) is 81.9 cm³/mol. The molecule has 2 aromatic rings. The average Bonchev–Trinajstić information content (AvgIpc) is 2.56. The number of carbonyl (C=O) groups excluding carboxylic acids is 1. The lowest BCUT2D eigenvalue weighted by Crippen LogP contribution is -2.31. The Labute approximate surface area is 137 Å². The number of likely N-dealkylation sites (N-methyl/N-ethyl adjacent to an activating group) is 1. The maximum absolute atomic E-state index is 12.8. The Hall–Kier alpha value is -2.70. The summed E-state index contributed by atoms with van der Waals surface area (Å²) in [4.78, 5) is 13.7. The summed E-state index contributed by atoms with van der Waals surface area (Å²) >= 11 is 0. The highest BCUT2D eigenvalue weighted by atomic mass is 19.3. The number of hydrogen-bond acceptors (Lipinski definition) is 3. The van der Waals surface area contributed by atoms with Gasteiger partial charge in [-0.25, -0.2) is 4.39 Å². The zero-order valence-electron chi connectivity index (χ0n) is 12.9. The molecule has 7 heteroatoms. The standard InChI is InChI=1S/C17H16F3NO3/c1-21(10-11-23-13-8-6-12(18)7-9-13)16(22)14-4-2-3-5-15(14)24-17(19)20/h2-9,17H,10-11H2,1H3. The number of halogens is 3. The third-order valence-corrected chi connectivity index (χ3v) is 3.19. The van der Waals surface area contributed by atoms with Crippen LogP contribution in [0.1, 0.15) is 10.4 Å². The molecule has 0 bridgehead atoms. The van der Waals surface area contributed by atoms with Crippen molar-refractivity contribution < 1.29 is 27.4 Å². The summed E-state index contributed by atoms with van der Waals surface area (Å²) < 4.78 is 47.3. The van der Waals surface area contributed by atoms with Crippen LogP contribution >= 0.6 is 0 Å². The van der Waals surface area contributed by atoms with Crippen molar-refractivity contribution in [3.05, 3.63) is 59.9 Å². The first-order chi connectivity index (χ1) is 11.5. The maximum Gasteiger partial charge on any atom is 0.387 e. The van der Waals surface area contributed by atoms with Crippen LogP contribution in [0.15, 0.2) is 48.5 Å². The summed E-state index contributed by atoms with van der Waals surface area (Å²) in [7, 11) is 1.52. The van der Waals surface area contributed by atoms with E-state index in [1.54, 1.807) is 6.07 Å². The molecule has 0 fully saturated rings. The number of nitrogens with zero attached hydrogens (tertiary/aromatic N) is 1. The summed E-state index contributed by atoms with van der Waals surface area (Å²) in [6, 6.07) is 11.3. The second-order valence-corrected chi connectivity index (χ2v) is 4.90. The SMILES string of the molecule is CN(CCOc1ccc(F)cc1)C(=O)c1ccccc1OC(F)F. The van der Waals surface area contributed by atoms with E-state index in [-0.39, 0.29) is 30.3 Å². The van der Waals surface area contributed by atoms with Crippen molar-refractivity contribution in [2.24, 2.45) is 0 Å². The summed E-state index contributed by atoms with van der Waals surface area (Å²) in [5.41, 5.74) is 0.0436. The Kier molecular flexibility index (Phi) is 6.06. The average molecular weight is 339 g/mol. The van der Waals surface area contributed by atoms with E-state index in [1.165, 1.54) is 54.4 Å². The van der Waals surface area contributed by atoms with Crippen molar-refractivity contribution in [2.45, 2.75) is 6.61 Å². The van der Waals surface area contributed by atoms with Gasteiger partial charge in [0.2, 0.25) is 0 Å². The number of hydrogen-bond donors (Lipinski definition) is 0. The monoisotopic (exact) mass is 339 g/mol. The van der Waals surface area contributed by atoms with Crippen molar-refractivity contribution in [3.63, 3.8) is 0 Å². The smallest absolute Gasteiger partial charge is 0.387 e. The van der Waals surface area contributed by atoms with Crippen molar-refractivity contribution >= 4 is 5.91 Å². The Morgan fingerprint density at radius 1 is 1.12 bits per heavy atom. The lowest BCUT2D eigenvalue weighted by atomic mass is 10.2. The van der Waals surface area contributed by atoms with Gasteiger partial charge in [0.25, 0.3) is 5.91 Å². The first kappa shape index (κ1) is 17.7. The van der Waals surface area contributed by atoms with Gasteiger partial charge in [0.15, 0.2) is 0 Å². The highest BCUT2D eigenvalue weighted by Crippen LogP contribution is 2.21. The van der Waals surface area contributed by atoms with Crippen LogP contribution in [-0.4, -0.2) is 37.6 Å². The number of alkyl halides is 2. The molecular weight excluding hydrogens is 323 g/mol. The predicted octanol–water partition coefficient (Wildman–Crippen LogP) is 3.58. The molecule has 0 spiro atoms. The van der Waals surface area contributed by atoms with Crippen molar-refractivity contribution in [1.82, 2.24) is 4.90 Å². The van der Waals surface area contributed by atoms with Gasteiger partial charge in [-0.3, -0.25) is 4.79 Å². The first-order valence-electron chi connectivity index (χ1n) is 7.15. The number of para-hydroxylation sites is 1. The lowest BCUT2D eigenvalue weighted by Gasteiger charge is -2.19. The maximum atomic E-state index is 12.8. The van der Waals surface area contributed by atoms with E-state index in [2.05, 4.69) is 4.74 Å². The third-order valence-electron chi connectivity index (χ3n) is 3.19. The van der Waals surface area contributed by atoms with E-state index in [1.807, 2.05) is 0 Å². The fourth-order valence-corrected chi connectivity index (χ4v) is 1.98. The minimum Gasteiger partial charge on any atom is -0.492 e. The molecule has 0 N–H and O–H groups in total. The fraction of sp³-hybridized carbons (Fsp3) is 0.235. The first-order valence-corrected chi connectivity index (χ1v) is 7.15. The van der Waals surface area contributed by atoms with Crippen molar-refractivity contribution in [3.8, 4) is 11.5 Å². The molecular formula is C17H16F3NO3. The number of rotatable bonds is 7. The topological polar surface area (TPSA) is 38.8 Å². The second kappa shape index (κ2) is 8.24. The molecule has 0 heterocycles. The molecule has 24 heavy (non-hydrogen) atoms. The van der Waals surface area contributed by atoms with Gasteiger partial charge in [-0.15, -0.1) is 0 Å². The number of carbonyl (C=O) groups is 1. The van der Waals surface area contributed by atoms with Crippen LogP contribution in [0, 0.1) is 5.82 Å². The van der Waals surface area contributed by atoms with Crippen LogP contribution in [-0.2, 0) is 0 Å². The highest BCUT2D eigenvalue weighted by molar-refractivity contribution is 5.96. The van der Waals surface area contributed by atoms with Crippen LogP contribution in [0.2, 0.25) is 0 Å². The second-order valence-electron chi connectivity index (χ2n) is 4.90. The molecule has 0 aliphatic carbocycles. The Balaban J connectivity index is 1.93. The molecule has 0 saturated carbocycles. The number of ether oxygens (including phenoxy) is 2. The van der Waals surface area contributed by atoms with Gasteiger partial charge in [-0.1, -0.05) is 12.1 Å². The van der Waals surface area contributed by atoms with E-state index < -0.39 is 12.5 Å². The molecule has 0 saturated heterocycles. The number of benzene rings is 2. The van der Waals surface area contributed by atoms with E-state index in [4.69, 9.17) is 4.74 Å².